The van der Waals surface area contributed by atoms with E-state index < -0.39 is 0 Å². The second-order valence-corrected chi connectivity index (χ2v) is 7.59. The molecule has 1 aliphatic heterocycles. The maximum absolute atomic E-state index is 2.46. The molecule has 0 saturated carbocycles. The minimum Gasteiger partial charge on any atom is -0.309 e. The summed E-state index contributed by atoms with van der Waals surface area (Å²) in [5.74, 6) is 1.82. The van der Waals surface area contributed by atoms with Gasteiger partial charge in [0.2, 0.25) is 0 Å². The van der Waals surface area contributed by atoms with E-state index >= 15 is 0 Å². The van der Waals surface area contributed by atoms with E-state index in [2.05, 4.69) is 78.2 Å². The average molecular weight is 322 g/mol. The zero-order chi connectivity index (χ0) is 15.8. The maximum Gasteiger partial charge on any atom is 0.0841 e. The van der Waals surface area contributed by atoms with E-state index in [1.54, 1.807) is 5.56 Å². The van der Waals surface area contributed by atoms with Crippen LogP contribution in [-0.4, -0.2) is 35.9 Å². The van der Waals surface area contributed by atoms with Crippen molar-refractivity contribution in [3.05, 3.63) is 60.2 Å². The van der Waals surface area contributed by atoms with E-state index in [-0.39, 0.29) is 0 Å². The molecule has 23 heavy (non-hydrogen) atoms. The van der Waals surface area contributed by atoms with Crippen LogP contribution in [0.4, 0.5) is 0 Å². The van der Waals surface area contributed by atoms with E-state index in [0.717, 1.165) is 6.54 Å². The van der Waals surface area contributed by atoms with Crippen molar-refractivity contribution in [3.63, 3.8) is 0 Å². The van der Waals surface area contributed by atoms with Gasteiger partial charge in [-0.1, -0.05) is 36.4 Å². The minimum atomic E-state index is 0.621. The Bertz CT molecular complexity index is 820. The SMILES string of the molecule is CN(C)CC1CCSc2c1c1ccccc1n2-c1ccccc1. The van der Waals surface area contributed by atoms with Gasteiger partial charge in [0, 0.05) is 29.3 Å². The molecule has 0 spiro atoms. The lowest BCUT2D eigenvalue weighted by atomic mass is 9.95. The molecule has 0 aliphatic carbocycles. The van der Waals surface area contributed by atoms with E-state index in [1.807, 2.05) is 11.8 Å². The fourth-order valence-electron chi connectivity index (χ4n) is 3.68. The number of para-hydroxylation sites is 2. The van der Waals surface area contributed by atoms with Gasteiger partial charge in [-0.05, 0) is 44.3 Å². The van der Waals surface area contributed by atoms with Crippen LogP contribution in [0, 0.1) is 0 Å². The first-order chi connectivity index (χ1) is 11.3. The second-order valence-electron chi connectivity index (χ2n) is 6.50. The smallest absolute Gasteiger partial charge is 0.0841 e. The van der Waals surface area contributed by atoms with E-state index in [9.17, 15) is 0 Å². The summed E-state index contributed by atoms with van der Waals surface area (Å²) < 4.78 is 2.46. The first-order valence-electron chi connectivity index (χ1n) is 8.22. The van der Waals surface area contributed by atoms with Crippen LogP contribution in [0.25, 0.3) is 16.6 Å². The molecule has 2 nitrogen and oxygen atoms in total. The Balaban J connectivity index is 1.98. The van der Waals surface area contributed by atoms with Crippen molar-refractivity contribution in [1.29, 1.82) is 0 Å². The number of nitrogens with zero attached hydrogens (tertiary/aromatic N) is 2. The van der Waals surface area contributed by atoms with Gasteiger partial charge in [0.05, 0.1) is 10.5 Å². The van der Waals surface area contributed by atoms with Crippen LogP contribution < -0.4 is 0 Å². The van der Waals surface area contributed by atoms with Crippen molar-refractivity contribution < 1.29 is 0 Å². The molecule has 0 bridgehead atoms. The summed E-state index contributed by atoms with van der Waals surface area (Å²) in [6, 6.07) is 19.6. The van der Waals surface area contributed by atoms with Crippen LogP contribution in [0.1, 0.15) is 17.9 Å². The lowest BCUT2D eigenvalue weighted by Gasteiger charge is -2.26. The molecule has 0 radical (unpaired) electrons. The Labute approximate surface area is 142 Å². The molecule has 3 aromatic rings. The summed E-state index contributed by atoms with van der Waals surface area (Å²) in [7, 11) is 4.36. The van der Waals surface area contributed by atoms with E-state index in [1.165, 1.54) is 33.8 Å². The topological polar surface area (TPSA) is 8.17 Å². The van der Waals surface area contributed by atoms with Gasteiger partial charge in [0.25, 0.3) is 0 Å². The predicted molar refractivity (Wildman–Crippen MR) is 99.9 cm³/mol. The van der Waals surface area contributed by atoms with Gasteiger partial charge < -0.3 is 9.47 Å². The molecule has 3 heteroatoms. The van der Waals surface area contributed by atoms with Crippen molar-refractivity contribution in [1.82, 2.24) is 9.47 Å². The Morgan fingerprint density at radius 1 is 1.04 bits per heavy atom. The highest BCUT2D eigenvalue weighted by Gasteiger charge is 2.28. The summed E-state index contributed by atoms with van der Waals surface area (Å²) in [6.07, 6.45) is 1.26. The van der Waals surface area contributed by atoms with Gasteiger partial charge in [-0.3, -0.25) is 0 Å². The van der Waals surface area contributed by atoms with E-state index in [0.29, 0.717) is 5.92 Å². The third-order valence-electron chi connectivity index (χ3n) is 4.58. The lowest BCUT2D eigenvalue weighted by molar-refractivity contribution is 0.366. The summed E-state index contributed by atoms with van der Waals surface area (Å²) >= 11 is 2.01. The van der Waals surface area contributed by atoms with Gasteiger partial charge in [-0.15, -0.1) is 11.8 Å². The van der Waals surface area contributed by atoms with Crippen molar-refractivity contribution in [3.8, 4) is 5.69 Å². The number of likely N-dealkylation sites (N-methyl/N-ethyl adjacent to an activating group) is 1. The number of rotatable bonds is 3. The lowest BCUT2D eigenvalue weighted by Crippen LogP contribution is -2.23. The Morgan fingerprint density at radius 3 is 2.57 bits per heavy atom. The summed E-state index contributed by atoms with van der Waals surface area (Å²) in [4.78, 5) is 2.32. The number of aromatic nitrogens is 1. The molecule has 1 aliphatic rings. The number of thioether (sulfide) groups is 1. The molecular formula is C20H22N2S. The molecule has 4 rings (SSSR count). The largest absolute Gasteiger partial charge is 0.309 e. The van der Waals surface area contributed by atoms with Crippen molar-refractivity contribution >= 4 is 22.7 Å². The van der Waals surface area contributed by atoms with Crippen LogP contribution in [0.5, 0.6) is 0 Å². The van der Waals surface area contributed by atoms with Crippen LogP contribution in [0.3, 0.4) is 0 Å². The summed E-state index contributed by atoms with van der Waals surface area (Å²) in [5.41, 5.74) is 4.15. The highest BCUT2D eigenvalue weighted by molar-refractivity contribution is 7.99. The Morgan fingerprint density at radius 2 is 1.78 bits per heavy atom. The Hall–Kier alpha value is -1.71. The molecule has 0 fully saturated rings. The van der Waals surface area contributed by atoms with Crippen LogP contribution in [0.15, 0.2) is 59.6 Å². The van der Waals surface area contributed by atoms with Crippen LogP contribution >= 0.6 is 11.8 Å². The van der Waals surface area contributed by atoms with Gasteiger partial charge in [-0.2, -0.15) is 0 Å². The number of hydrogen-bond donors (Lipinski definition) is 0. The molecule has 2 aromatic carbocycles. The van der Waals surface area contributed by atoms with Gasteiger partial charge in [-0.25, -0.2) is 0 Å². The number of benzene rings is 2. The molecular weight excluding hydrogens is 300 g/mol. The van der Waals surface area contributed by atoms with Gasteiger partial charge >= 0.3 is 0 Å². The van der Waals surface area contributed by atoms with Crippen LogP contribution in [-0.2, 0) is 0 Å². The number of fused-ring (bicyclic) bond motifs is 3. The first kappa shape index (κ1) is 14.9. The fraction of sp³-hybridized carbons (Fsp3) is 0.300. The maximum atomic E-state index is 2.46. The fourth-order valence-corrected chi connectivity index (χ4v) is 5.04. The highest BCUT2D eigenvalue weighted by atomic mass is 32.2. The minimum absolute atomic E-state index is 0.621. The zero-order valence-electron chi connectivity index (χ0n) is 13.7. The third-order valence-corrected chi connectivity index (χ3v) is 5.70. The molecule has 118 valence electrons. The molecule has 1 unspecified atom stereocenters. The highest BCUT2D eigenvalue weighted by Crippen LogP contribution is 2.45. The van der Waals surface area contributed by atoms with Gasteiger partial charge in [0.1, 0.15) is 0 Å². The first-order valence-corrected chi connectivity index (χ1v) is 9.20. The van der Waals surface area contributed by atoms with E-state index in [4.69, 9.17) is 0 Å². The van der Waals surface area contributed by atoms with Crippen molar-refractivity contribution in [2.24, 2.45) is 0 Å². The Kier molecular flexibility index (Phi) is 3.92. The summed E-state index contributed by atoms with van der Waals surface area (Å²) in [6.45, 7) is 1.12. The molecule has 2 heterocycles. The van der Waals surface area contributed by atoms with Crippen molar-refractivity contribution in [2.75, 3.05) is 26.4 Å². The number of hydrogen-bond acceptors (Lipinski definition) is 2. The second kappa shape index (κ2) is 6.06. The third kappa shape index (κ3) is 2.58. The molecule has 1 aromatic heterocycles. The molecule has 0 N–H and O–H groups in total. The predicted octanol–water partition coefficient (Wildman–Crippen LogP) is 4.77. The zero-order valence-corrected chi connectivity index (χ0v) is 14.5. The average Bonchev–Trinajstić information content (AvgIpc) is 2.90. The molecule has 1 atom stereocenters. The standard InChI is InChI=1S/C20H22N2S/c1-21(2)14-15-12-13-23-20-19(15)17-10-6-7-11-18(17)22(20)16-8-4-3-5-9-16/h3-11,15H,12-14H2,1-2H3. The quantitative estimate of drug-likeness (QED) is 0.686. The van der Waals surface area contributed by atoms with Crippen LogP contribution in [0.2, 0.25) is 0 Å². The van der Waals surface area contributed by atoms with Gasteiger partial charge in [0.15, 0.2) is 0 Å². The molecule has 0 saturated heterocycles. The molecule has 0 amide bonds. The summed E-state index contributed by atoms with van der Waals surface area (Å²) in [5, 5.41) is 2.86. The monoisotopic (exact) mass is 322 g/mol. The normalized spacial score (nSPS) is 17.6. The van der Waals surface area contributed by atoms with Crippen molar-refractivity contribution in [2.45, 2.75) is 17.4 Å².